The van der Waals surface area contributed by atoms with E-state index in [1.165, 1.54) is 0 Å². The van der Waals surface area contributed by atoms with Crippen LogP contribution in [0.25, 0.3) is 0 Å². The fourth-order valence-electron chi connectivity index (χ4n) is 1.64. The maximum Gasteiger partial charge on any atom is 0.270 e. The van der Waals surface area contributed by atoms with E-state index >= 15 is 0 Å². The van der Waals surface area contributed by atoms with Gasteiger partial charge in [-0.15, -0.1) is 6.58 Å². The lowest BCUT2D eigenvalue weighted by Gasteiger charge is -2.08. The van der Waals surface area contributed by atoms with Gasteiger partial charge in [0.2, 0.25) is 5.95 Å². The summed E-state index contributed by atoms with van der Waals surface area (Å²) in [6.45, 7) is 5.96. The van der Waals surface area contributed by atoms with Crippen molar-refractivity contribution < 1.29 is 4.79 Å². The van der Waals surface area contributed by atoms with E-state index in [0.29, 0.717) is 18.2 Å². The summed E-state index contributed by atoms with van der Waals surface area (Å²) in [6, 6.07) is 7.46. The van der Waals surface area contributed by atoms with Gasteiger partial charge in [-0.2, -0.15) is 0 Å². The molecule has 1 heterocycles. The van der Waals surface area contributed by atoms with Crippen LogP contribution in [0.3, 0.4) is 0 Å². The zero-order valence-electron chi connectivity index (χ0n) is 11.6. The molecule has 5 nitrogen and oxygen atoms in total. The van der Waals surface area contributed by atoms with Gasteiger partial charge in [-0.3, -0.25) is 4.79 Å². The Morgan fingerprint density at radius 1 is 1.43 bits per heavy atom. The Kier molecular flexibility index (Phi) is 5.05. The highest BCUT2D eigenvalue weighted by Crippen LogP contribution is 2.25. The van der Waals surface area contributed by atoms with Crippen molar-refractivity contribution in [2.75, 3.05) is 11.9 Å². The summed E-state index contributed by atoms with van der Waals surface area (Å²) in [5.41, 5.74) is 2.28. The quantitative estimate of drug-likeness (QED) is 0.815. The highest BCUT2D eigenvalue weighted by Gasteiger charge is 2.08. The molecule has 0 atom stereocenters. The van der Waals surface area contributed by atoms with Crippen molar-refractivity contribution in [3.05, 3.63) is 58.8 Å². The molecule has 0 radical (unpaired) electrons. The van der Waals surface area contributed by atoms with E-state index < -0.39 is 0 Å². The minimum absolute atomic E-state index is 0.261. The fraction of sp³-hybridized carbons (Fsp3) is 0.133. The Hall–Kier alpha value is -2.21. The van der Waals surface area contributed by atoms with Crippen LogP contribution in [0.5, 0.6) is 0 Å². The number of amides is 1. The summed E-state index contributed by atoms with van der Waals surface area (Å²) in [7, 11) is 0. The molecule has 0 aliphatic rings. The number of anilines is 2. The van der Waals surface area contributed by atoms with Crippen LogP contribution in [0.2, 0.25) is 0 Å². The maximum absolute atomic E-state index is 11.8. The molecule has 21 heavy (non-hydrogen) atoms. The minimum Gasteiger partial charge on any atom is -0.347 e. The van der Waals surface area contributed by atoms with Crippen LogP contribution in [0.4, 0.5) is 11.6 Å². The molecule has 0 aliphatic heterocycles. The Labute approximate surface area is 131 Å². The third-order valence-electron chi connectivity index (χ3n) is 2.67. The summed E-state index contributed by atoms with van der Waals surface area (Å²) in [6.07, 6.45) is 3.15. The van der Waals surface area contributed by atoms with Gasteiger partial charge < -0.3 is 10.6 Å². The number of aromatic nitrogens is 2. The van der Waals surface area contributed by atoms with Crippen molar-refractivity contribution in [1.29, 1.82) is 0 Å². The van der Waals surface area contributed by atoms with Crippen LogP contribution in [0, 0.1) is 6.92 Å². The number of rotatable bonds is 5. The summed E-state index contributed by atoms with van der Waals surface area (Å²) in [4.78, 5) is 20.1. The van der Waals surface area contributed by atoms with E-state index in [-0.39, 0.29) is 5.91 Å². The van der Waals surface area contributed by atoms with Crippen LogP contribution < -0.4 is 10.6 Å². The molecule has 0 spiro atoms. The predicted octanol–water partition coefficient (Wildman–Crippen LogP) is 3.21. The average Bonchev–Trinajstić information content (AvgIpc) is 2.48. The highest BCUT2D eigenvalue weighted by molar-refractivity contribution is 9.10. The minimum atomic E-state index is -0.261. The Bertz CT molecular complexity index is 672. The van der Waals surface area contributed by atoms with E-state index in [1.807, 2.05) is 25.1 Å². The molecule has 6 heteroatoms. The number of hydrogen-bond donors (Lipinski definition) is 2. The number of carbonyl (C=O) groups is 1. The molecule has 0 bridgehead atoms. The SMILES string of the molecule is C=CCNC(=O)c1ccnc(Nc2ccc(C)cc2Br)n1. The molecule has 0 unspecified atom stereocenters. The second-order valence-electron chi connectivity index (χ2n) is 4.37. The Morgan fingerprint density at radius 2 is 2.24 bits per heavy atom. The first-order valence-electron chi connectivity index (χ1n) is 6.35. The third kappa shape index (κ3) is 4.13. The summed E-state index contributed by atoms with van der Waals surface area (Å²) in [5.74, 6) is 0.106. The number of aryl methyl sites for hydroxylation is 1. The third-order valence-corrected chi connectivity index (χ3v) is 3.32. The average molecular weight is 347 g/mol. The van der Waals surface area contributed by atoms with Crippen molar-refractivity contribution >= 4 is 33.5 Å². The van der Waals surface area contributed by atoms with Crippen molar-refractivity contribution in [2.24, 2.45) is 0 Å². The molecule has 2 N–H and O–H groups in total. The summed E-state index contributed by atoms with van der Waals surface area (Å²) in [5, 5.41) is 5.76. The van der Waals surface area contributed by atoms with Crippen LogP contribution in [-0.2, 0) is 0 Å². The van der Waals surface area contributed by atoms with Gasteiger partial charge in [-0.05, 0) is 46.6 Å². The molecule has 1 aromatic heterocycles. The first kappa shape index (κ1) is 15.2. The van der Waals surface area contributed by atoms with Crippen LogP contribution in [-0.4, -0.2) is 22.4 Å². The Morgan fingerprint density at radius 3 is 2.95 bits per heavy atom. The second-order valence-corrected chi connectivity index (χ2v) is 5.23. The van der Waals surface area contributed by atoms with E-state index in [2.05, 4.69) is 43.1 Å². The van der Waals surface area contributed by atoms with Crippen molar-refractivity contribution in [1.82, 2.24) is 15.3 Å². The molecule has 0 fully saturated rings. The molecule has 0 saturated carbocycles. The lowest BCUT2D eigenvalue weighted by molar-refractivity contribution is 0.0953. The predicted molar refractivity (Wildman–Crippen MR) is 86.7 cm³/mol. The molecular formula is C15H15BrN4O. The number of hydrogen-bond acceptors (Lipinski definition) is 4. The number of nitrogens with zero attached hydrogens (tertiary/aromatic N) is 2. The molecule has 1 amide bonds. The van der Waals surface area contributed by atoms with E-state index in [9.17, 15) is 4.79 Å². The second kappa shape index (κ2) is 6.99. The fourth-order valence-corrected chi connectivity index (χ4v) is 2.24. The first-order chi connectivity index (χ1) is 10.1. The number of carbonyl (C=O) groups excluding carboxylic acids is 1. The van der Waals surface area contributed by atoms with Gasteiger partial charge in [0.05, 0.1) is 5.69 Å². The lowest BCUT2D eigenvalue weighted by atomic mass is 10.2. The van der Waals surface area contributed by atoms with Crippen LogP contribution in [0.15, 0.2) is 47.6 Å². The maximum atomic E-state index is 11.8. The van der Waals surface area contributed by atoms with Gasteiger partial charge >= 0.3 is 0 Å². The zero-order valence-corrected chi connectivity index (χ0v) is 13.1. The van der Waals surface area contributed by atoms with Gasteiger partial charge in [-0.25, -0.2) is 9.97 Å². The molecule has 2 aromatic rings. The summed E-state index contributed by atoms with van der Waals surface area (Å²) >= 11 is 3.48. The largest absolute Gasteiger partial charge is 0.347 e. The van der Waals surface area contributed by atoms with Crippen molar-refractivity contribution in [3.63, 3.8) is 0 Å². The van der Waals surface area contributed by atoms with Crippen molar-refractivity contribution in [2.45, 2.75) is 6.92 Å². The molecule has 0 aliphatic carbocycles. The summed E-state index contributed by atoms with van der Waals surface area (Å²) < 4.78 is 0.910. The first-order valence-corrected chi connectivity index (χ1v) is 7.15. The van der Waals surface area contributed by atoms with Gasteiger partial charge in [0.25, 0.3) is 5.91 Å². The highest BCUT2D eigenvalue weighted by atomic mass is 79.9. The zero-order chi connectivity index (χ0) is 15.2. The number of benzene rings is 1. The molecular weight excluding hydrogens is 332 g/mol. The van der Waals surface area contributed by atoms with Gasteiger partial charge in [0, 0.05) is 17.2 Å². The topological polar surface area (TPSA) is 66.9 Å². The van der Waals surface area contributed by atoms with E-state index in [0.717, 1.165) is 15.7 Å². The molecule has 108 valence electrons. The number of halogens is 1. The van der Waals surface area contributed by atoms with E-state index in [4.69, 9.17) is 0 Å². The standard InChI is InChI=1S/C15H15BrN4O/c1-3-7-17-14(21)13-6-8-18-15(20-13)19-12-5-4-10(2)9-11(12)16/h3-6,8-9H,1,7H2,2H3,(H,17,21)(H,18,19,20). The molecule has 0 saturated heterocycles. The normalized spacial score (nSPS) is 10.0. The van der Waals surface area contributed by atoms with Crippen LogP contribution >= 0.6 is 15.9 Å². The van der Waals surface area contributed by atoms with Gasteiger partial charge in [0.15, 0.2) is 0 Å². The molecule has 2 rings (SSSR count). The van der Waals surface area contributed by atoms with Crippen molar-refractivity contribution in [3.8, 4) is 0 Å². The van der Waals surface area contributed by atoms with Gasteiger partial charge in [-0.1, -0.05) is 12.1 Å². The lowest BCUT2D eigenvalue weighted by Crippen LogP contribution is -2.24. The smallest absolute Gasteiger partial charge is 0.270 e. The van der Waals surface area contributed by atoms with Crippen LogP contribution in [0.1, 0.15) is 16.1 Å². The Balaban J connectivity index is 2.17. The monoisotopic (exact) mass is 346 g/mol. The molecule has 1 aromatic carbocycles. The van der Waals surface area contributed by atoms with E-state index in [1.54, 1.807) is 18.3 Å². The number of nitrogens with one attached hydrogen (secondary N) is 2. The van der Waals surface area contributed by atoms with Gasteiger partial charge in [0.1, 0.15) is 5.69 Å².